The van der Waals surface area contributed by atoms with Crippen LogP contribution in [0.3, 0.4) is 0 Å². The van der Waals surface area contributed by atoms with Crippen LogP contribution in [0.15, 0.2) is 0 Å². The monoisotopic (exact) mass is 188 g/mol. The standard InChI is InChI=1S/C4H10ClO2PS/c1-3-7-8(5,6)4-9-2/h3-4H2,1-2H3. The minimum Gasteiger partial charge on any atom is -0.317 e. The Kier molecular flexibility index (Phi) is 5.04. The van der Waals surface area contributed by atoms with Crippen molar-refractivity contribution in [3.05, 3.63) is 0 Å². The smallest absolute Gasteiger partial charge is 0.299 e. The molecule has 0 aromatic rings. The van der Waals surface area contributed by atoms with Crippen LogP contribution in [0.2, 0.25) is 0 Å². The maximum absolute atomic E-state index is 10.9. The highest BCUT2D eigenvalue weighted by molar-refractivity contribution is 8.08. The molecule has 0 saturated carbocycles. The van der Waals surface area contributed by atoms with Gasteiger partial charge in [0.25, 0.3) is 6.72 Å². The predicted molar refractivity (Wildman–Crippen MR) is 43.5 cm³/mol. The van der Waals surface area contributed by atoms with Gasteiger partial charge in [-0.15, -0.1) is 0 Å². The van der Waals surface area contributed by atoms with Crippen molar-refractivity contribution >= 4 is 29.7 Å². The second-order valence-corrected chi connectivity index (χ2v) is 6.02. The zero-order chi connectivity index (χ0) is 7.33. The summed E-state index contributed by atoms with van der Waals surface area (Å²) < 4.78 is 15.7. The van der Waals surface area contributed by atoms with E-state index in [1.165, 1.54) is 11.8 Å². The summed E-state index contributed by atoms with van der Waals surface area (Å²) in [5.74, 6) is 0. The zero-order valence-corrected chi connectivity index (χ0v) is 7.93. The van der Waals surface area contributed by atoms with Crippen molar-refractivity contribution in [2.75, 3.05) is 18.4 Å². The topological polar surface area (TPSA) is 26.3 Å². The Morgan fingerprint density at radius 1 is 1.78 bits per heavy atom. The first-order valence-corrected chi connectivity index (χ1v) is 6.65. The van der Waals surface area contributed by atoms with Gasteiger partial charge in [0.2, 0.25) is 0 Å². The van der Waals surface area contributed by atoms with Crippen LogP contribution in [-0.2, 0) is 9.09 Å². The summed E-state index contributed by atoms with van der Waals surface area (Å²) >= 11 is 6.88. The Bertz CT molecular complexity index is 109. The van der Waals surface area contributed by atoms with Crippen LogP contribution in [0, 0.1) is 0 Å². The minimum atomic E-state index is -2.76. The van der Waals surface area contributed by atoms with Gasteiger partial charge in [0.15, 0.2) is 0 Å². The lowest BCUT2D eigenvalue weighted by molar-refractivity contribution is 0.348. The van der Waals surface area contributed by atoms with Crippen LogP contribution >= 0.6 is 29.7 Å². The summed E-state index contributed by atoms with van der Waals surface area (Å²) in [6.07, 6.45) is 1.84. The fourth-order valence-electron chi connectivity index (χ4n) is 0.384. The Hall–Kier alpha value is 0.830. The van der Waals surface area contributed by atoms with Crippen LogP contribution in [-0.4, -0.2) is 18.4 Å². The zero-order valence-electron chi connectivity index (χ0n) is 5.46. The van der Waals surface area contributed by atoms with Crippen molar-refractivity contribution in [3.8, 4) is 0 Å². The van der Waals surface area contributed by atoms with Crippen molar-refractivity contribution in [3.63, 3.8) is 0 Å². The van der Waals surface area contributed by atoms with Gasteiger partial charge in [0, 0.05) is 0 Å². The molecule has 0 bridgehead atoms. The van der Waals surface area contributed by atoms with E-state index in [0.29, 0.717) is 12.1 Å². The molecule has 0 amide bonds. The third kappa shape index (κ3) is 5.28. The Morgan fingerprint density at radius 3 is 2.67 bits per heavy atom. The molecule has 1 unspecified atom stereocenters. The second-order valence-electron chi connectivity index (χ2n) is 1.43. The van der Waals surface area contributed by atoms with Crippen LogP contribution in [0.25, 0.3) is 0 Å². The highest BCUT2D eigenvalue weighted by atomic mass is 35.7. The summed E-state index contributed by atoms with van der Waals surface area (Å²) in [5.41, 5.74) is 0.391. The molecule has 5 heteroatoms. The lowest BCUT2D eigenvalue weighted by Gasteiger charge is -2.06. The van der Waals surface area contributed by atoms with Crippen LogP contribution in [0.5, 0.6) is 0 Å². The first-order chi connectivity index (χ1) is 4.12. The minimum absolute atomic E-state index is 0.391. The van der Waals surface area contributed by atoms with E-state index in [1.54, 1.807) is 6.92 Å². The van der Waals surface area contributed by atoms with Gasteiger partial charge in [-0.3, -0.25) is 4.57 Å². The van der Waals surface area contributed by atoms with Crippen molar-refractivity contribution in [1.29, 1.82) is 0 Å². The molecule has 0 aromatic carbocycles. The van der Waals surface area contributed by atoms with Crippen molar-refractivity contribution < 1.29 is 9.09 Å². The summed E-state index contributed by atoms with van der Waals surface area (Å²) in [7, 11) is 0. The van der Waals surface area contributed by atoms with Gasteiger partial charge < -0.3 is 4.52 Å². The number of hydrogen-bond donors (Lipinski definition) is 0. The molecule has 0 heterocycles. The summed E-state index contributed by atoms with van der Waals surface area (Å²) in [4.78, 5) is 0. The largest absolute Gasteiger partial charge is 0.317 e. The van der Waals surface area contributed by atoms with Gasteiger partial charge in [0.05, 0.1) is 12.1 Å². The van der Waals surface area contributed by atoms with Crippen LogP contribution < -0.4 is 0 Å². The lowest BCUT2D eigenvalue weighted by atomic mass is 10.9. The molecule has 0 aromatic heterocycles. The fourth-order valence-corrected chi connectivity index (χ4v) is 3.47. The predicted octanol–water partition coefficient (Wildman–Crippen LogP) is 2.78. The maximum atomic E-state index is 10.9. The average molecular weight is 189 g/mol. The SMILES string of the molecule is CCOP(=O)(Cl)CSC. The first-order valence-electron chi connectivity index (χ1n) is 2.54. The molecule has 0 aliphatic heterocycles. The highest BCUT2D eigenvalue weighted by Gasteiger charge is 2.16. The van der Waals surface area contributed by atoms with E-state index in [1.807, 2.05) is 6.26 Å². The van der Waals surface area contributed by atoms with Crippen LogP contribution in [0.1, 0.15) is 6.92 Å². The van der Waals surface area contributed by atoms with E-state index in [-0.39, 0.29) is 0 Å². The fraction of sp³-hybridized carbons (Fsp3) is 1.00. The van der Waals surface area contributed by atoms with E-state index < -0.39 is 6.72 Å². The Morgan fingerprint density at radius 2 is 2.33 bits per heavy atom. The molecule has 0 radical (unpaired) electrons. The third-order valence-corrected chi connectivity index (χ3v) is 4.69. The molecule has 56 valence electrons. The van der Waals surface area contributed by atoms with Gasteiger partial charge >= 0.3 is 0 Å². The quantitative estimate of drug-likeness (QED) is 0.635. The maximum Gasteiger partial charge on any atom is 0.299 e. The molecule has 0 rings (SSSR count). The average Bonchev–Trinajstić information content (AvgIpc) is 1.64. The van der Waals surface area contributed by atoms with Crippen molar-refractivity contribution in [1.82, 2.24) is 0 Å². The molecule has 0 aliphatic carbocycles. The normalized spacial score (nSPS) is 17.2. The molecule has 0 fully saturated rings. The molecular formula is C4H10ClO2PS. The van der Waals surface area contributed by atoms with Crippen LogP contribution in [0.4, 0.5) is 0 Å². The number of hydrogen-bond acceptors (Lipinski definition) is 3. The molecule has 0 N–H and O–H groups in total. The highest BCUT2D eigenvalue weighted by Crippen LogP contribution is 2.54. The number of rotatable bonds is 4. The summed E-state index contributed by atoms with van der Waals surface area (Å²) in [6, 6.07) is 0. The Labute approximate surface area is 64.5 Å². The molecule has 1 atom stereocenters. The molecule has 0 aliphatic rings. The van der Waals surface area contributed by atoms with Gasteiger partial charge in [-0.25, -0.2) is 0 Å². The van der Waals surface area contributed by atoms with Gasteiger partial charge in [0.1, 0.15) is 0 Å². The molecule has 0 spiro atoms. The van der Waals surface area contributed by atoms with Crippen molar-refractivity contribution in [2.24, 2.45) is 0 Å². The first kappa shape index (κ1) is 9.83. The second kappa shape index (κ2) is 4.62. The van der Waals surface area contributed by atoms with E-state index in [4.69, 9.17) is 15.8 Å². The molecule has 2 nitrogen and oxygen atoms in total. The molecule has 9 heavy (non-hydrogen) atoms. The molecule has 0 saturated heterocycles. The van der Waals surface area contributed by atoms with E-state index in [0.717, 1.165) is 0 Å². The third-order valence-electron chi connectivity index (χ3n) is 0.605. The lowest BCUT2D eigenvalue weighted by Crippen LogP contribution is -1.84. The van der Waals surface area contributed by atoms with Gasteiger partial charge in [-0.2, -0.15) is 11.8 Å². The Balaban J connectivity index is 3.58. The summed E-state index contributed by atoms with van der Waals surface area (Å²) in [6.45, 7) is -0.566. The van der Waals surface area contributed by atoms with E-state index in [2.05, 4.69) is 0 Å². The number of halogens is 1. The van der Waals surface area contributed by atoms with E-state index >= 15 is 0 Å². The van der Waals surface area contributed by atoms with E-state index in [9.17, 15) is 4.57 Å². The summed E-state index contributed by atoms with van der Waals surface area (Å²) in [5, 5.41) is 0. The van der Waals surface area contributed by atoms with Crippen molar-refractivity contribution in [2.45, 2.75) is 6.92 Å². The van der Waals surface area contributed by atoms with Gasteiger partial charge in [-0.05, 0) is 24.4 Å². The van der Waals surface area contributed by atoms with Gasteiger partial charge in [-0.1, -0.05) is 0 Å². The molecular weight excluding hydrogens is 179 g/mol. The number of thioether (sulfide) groups is 1.